The number of carbonyl (C=O) groups is 1. The van der Waals surface area contributed by atoms with E-state index in [4.69, 9.17) is 4.74 Å². The predicted molar refractivity (Wildman–Crippen MR) is 65.8 cm³/mol. The van der Waals surface area contributed by atoms with Crippen molar-refractivity contribution >= 4 is 11.4 Å². The Hall–Kier alpha value is -1.45. The largest absolute Gasteiger partial charge is 0.390 e. The van der Waals surface area contributed by atoms with Crippen molar-refractivity contribution in [1.29, 1.82) is 0 Å². The van der Waals surface area contributed by atoms with Crippen molar-refractivity contribution in [3.8, 4) is 0 Å². The van der Waals surface area contributed by atoms with Crippen molar-refractivity contribution in [2.24, 2.45) is 5.92 Å². The summed E-state index contributed by atoms with van der Waals surface area (Å²) in [7, 11) is 0. The van der Waals surface area contributed by atoms with Gasteiger partial charge in [0.1, 0.15) is 0 Å². The SMILES string of the molecule is C=C(c1ccc(C(C)=O)cc1)[C@H]1COC[C@H]1O. The molecule has 17 heavy (non-hydrogen) atoms. The fourth-order valence-electron chi connectivity index (χ4n) is 2.01. The minimum Gasteiger partial charge on any atom is -0.390 e. The number of hydrogen-bond donors (Lipinski definition) is 1. The Bertz CT molecular complexity index is 433. The normalized spacial score (nSPS) is 23.6. The first kappa shape index (κ1) is 12.0. The van der Waals surface area contributed by atoms with Gasteiger partial charge in [0.05, 0.1) is 19.3 Å². The van der Waals surface area contributed by atoms with Crippen LogP contribution in [0.4, 0.5) is 0 Å². The Balaban J connectivity index is 2.17. The molecule has 1 heterocycles. The molecule has 0 aliphatic carbocycles. The number of benzene rings is 1. The summed E-state index contributed by atoms with van der Waals surface area (Å²) in [5, 5.41) is 9.72. The topological polar surface area (TPSA) is 46.5 Å². The molecule has 90 valence electrons. The maximum atomic E-state index is 11.2. The Morgan fingerprint density at radius 2 is 1.88 bits per heavy atom. The van der Waals surface area contributed by atoms with Crippen LogP contribution in [-0.2, 0) is 4.74 Å². The first-order chi connectivity index (χ1) is 8.09. The van der Waals surface area contributed by atoms with Crippen LogP contribution < -0.4 is 0 Å². The van der Waals surface area contributed by atoms with Crippen LogP contribution in [0.2, 0.25) is 0 Å². The second kappa shape index (κ2) is 4.82. The summed E-state index contributed by atoms with van der Waals surface area (Å²) in [5.74, 6) is 0.00424. The van der Waals surface area contributed by atoms with Gasteiger partial charge in [0, 0.05) is 11.5 Å². The summed E-state index contributed by atoms with van der Waals surface area (Å²) < 4.78 is 5.21. The van der Waals surface area contributed by atoms with E-state index in [1.165, 1.54) is 0 Å². The summed E-state index contributed by atoms with van der Waals surface area (Å²) in [6.45, 7) is 6.43. The first-order valence-electron chi connectivity index (χ1n) is 5.65. The fourth-order valence-corrected chi connectivity index (χ4v) is 2.01. The van der Waals surface area contributed by atoms with Gasteiger partial charge in [-0.05, 0) is 18.1 Å². The van der Waals surface area contributed by atoms with E-state index in [9.17, 15) is 9.90 Å². The van der Waals surface area contributed by atoms with Gasteiger partial charge in [0.25, 0.3) is 0 Å². The number of carbonyl (C=O) groups excluding carboxylic acids is 1. The molecule has 1 aromatic rings. The summed E-state index contributed by atoms with van der Waals surface area (Å²) in [6, 6.07) is 7.30. The zero-order chi connectivity index (χ0) is 12.4. The average molecular weight is 232 g/mol. The van der Waals surface area contributed by atoms with E-state index in [0.717, 1.165) is 11.1 Å². The number of aliphatic hydroxyl groups is 1. The van der Waals surface area contributed by atoms with Crippen LogP contribution in [0.5, 0.6) is 0 Å². The van der Waals surface area contributed by atoms with E-state index in [-0.39, 0.29) is 11.7 Å². The molecule has 1 aliphatic heterocycles. The molecule has 0 amide bonds. The highest BCUT2D eigenvalue weighted by atomic mass is 16.5. The maximum Gasteiger partial charge on any atom is 0.159 e. The molecule has 2 atom stereocenters. The lowest BCUT2D eigenvalue weighted by atomic mass is 9.91. The number of ketones is 1. The second-order valence-corrected chi connectivity index (χ2v) is 4.37. The highest BCUT2D eigenvalue weighted by Gasteiger charge is 2.28. The maximum absolute atomic E-state index is 11.2. The molecule has 1 fully saturated rings. The van der Waals surface area contributed by atoms with Crippen LogP contribution in [0.1, 0.15) is 22.8 Å². The van der Waals surface area contributed by atoms with E-state index >= 15 is 0 Å². The molecule has 2 rings (SSSR count). The molecule has 0 spiro atoms. The monoisotopic (exact) mass is 232 g/mol. The highest BCUT2D eigenvalue weighted by molar-refractivity contribution is 5.94. The van der Waals surface area contributed by atoms with E-state index in [0.29, 0.717) is 18.8 Å². The third-order valence-electron chi connectivity index (χ3n) is 3.16. The fraction of sp³-hybridized carbons (Fsp3) is 0.357. The van der Waals surface area contributed by atoms with E-state index in [2.05, 4.69) is 6.58 Å². The van der Waals surface area contributed by atoms with Gasteiger partial charge in [0.2, 0.25) is 0 Å². The van der Waals surface area contributed by atoms with Crippen molar-refractivity contribution in [2.75, 3.05) is 13.2 Å². The molecule has 1 saturated heterocycles. The Labute approximate surface area is 101 Å². The lowest BCUT2D eigenvalue weighted by Crippen LogP contribution is -2.18. The summed E-state index contributed by atoms with van der Waals surface area (Å²) in [5.41, 5.74) is 2.50. The molecule has 0 radical (unpaired) electrons. The van der Waals surface area contributed by atoms with Gasteiger partial charge in [0.15, 0.2) is 5.78 Å². The molecule has 0 aromatic heterocycles. The summed E-state index contributed by atoms with van der Waals surface area (Å²) in [6.07, 6.45) is -0.477. The molecule has 1 aromatic carbocycles. The van der Waals surface area contributed by atoms with Crippen molar-refractivity contribution in [3.05, 3.63) is 42.0 Å². The smallest absolute Gasteiger partial charge is 0.159 e. The van der Waals surface area contributed by atoms with Crippen LogP contribution in [0, 0.1) is 5.92 Å². The van der Waals surface area contributed by atoms with E-state index in [1.807, 2.05) is 12.1 Å². The highest BCUT2D eigenvalue weighted by Crippen LogP contribution is 2.28. The van der Waals surface area contributed by atoms with Crippen molar-refractivity contribution in [1.82, 2.24) is 0 Å². The molecular weight excluding hydrogens is 216 g/mol. The molecule has 0 unspecified atom stereocenters. The molecule has 1 N–H and O–H groups in total. The zero-order valence-corrected chi connectivity index (χ0v) is 9.85. The molecule has 0 saturated carbocycles. The lowest BCUT2D eigenvalue weighted by molar-refractivity contribution is 0.101. The third-order valence-corrected chi connectivity index (χ3v) is 3.16. The second-order valence-electron chi connectivity index (χ2n) is 4.37. The van der Waals surface area contributed by atoms with Gasteiger partial charge in [-0.15, -0.1) is 0 Å². The lowest BCUT2D eigenvalue weighted by Gasteiger charge is -2.15. The van der Waals surface area contributed by atoms with E-state index < -0.39 is 6.10 Å². The quantitative estimate of drug-likeness (QED) is 0.810. The molecule has 3 heteroatoms. The van der Waals surface area contributed by atoms with Crippen LogP contribution in [0.15, 0.2) is 30.8 Å². The Morgan fingerprint density at radius 3 is 2.35 bits per heavy atom. The third kappa shape index (κ3) is 2.46. The number of rotatable bonds is 3. The number of hydrogen-bond acceptors (Lipinski definition) is 3. The number of ether oxygens (including phenoxy) is 1. The van der Waals surface area contributed by atoms with Gasteiger partial charge in [-0.1, -0.05) is 30.8 Å². The van der Waals surface area contributed by atoms with Gasteiger partial charge >= 0.3 is 0 Å². The standard InChI is InChI=1S/C14H16O3/c1-9(13-7-17-8-14(13)16)11-3-5-12(6-4-11)10(2)15/h3-6,13-14,16H,1,7-8H2,2H3/t13-,14-/m1/s1. The summed E-state index contributed by atoms with van der Waals surface area (Å²) >= 11 is 0. The van der Waals surface area contributed by atoms with Crippen molar-refractivity contribution in [3.63, 3.8) is 0 Å². The first-order valence-corrected chi connectivity index (χ1v) is 5.65. The Morgan fingerprint density at radius 1 is 1.29 bits per heavy atom. The molecule has 0 bridgehead atoms. The van der Waals surface area contributed by atoms with Crippen LogP contribution in [-0.4, -0.2) is 30.2 Å². The minimum atomic E-state index is -0.477. The van der Waals surface area contributed by atoms with Crippen LogP contribution in [0.3, 0.4) is 0 Å². The van der Waals surface area contributed by atoms with Crippen molar-refractivity contribution in [2.45, 2.75) is 13.0 Å². The van der Waals surface area contributed by atoms with Crippen molar-refractivity contribution < 1.29 is 14.6 Å². The van der Waals surface area contributed by atoms with E-state index in [1.54, 1.807) is 19.1 Å². The van der Waals surface area contributed by atoms with Crippen LogP contribution in [0.25, 0.3) is 5.57 Å². The van der Waals surface area contributed by atoms with Gasteiger partial charge in [-0.25, -0.2) is 0 Å². The van der Waals surface area contributed by atoms with Gasteiger partial charge in [-0.3, -0.25) is 4.79 Å². The van der Waals surface area contributed by atoms with Gasteiger partial charge in [-0.2, -0.15) is 0 Å². The molecular formula is C14H16O3. The molecule has 3 nitrogen and oxygen atoms in total. The predicted octanol–water partition coefficient (Wildman–Crippen LogP) is 1.91. The average Bonchev–Trinajstić information content (AvgIpc) is 2.74. The summed E-state index contributed by atoms with van der Waals surface area (Å²) in [4.78, 5) is 11.2. The van der Waals surface area contributed by atoms with Crippen LogP contribution >= 0.6 is 0 Å². The number of Topliss-reactive ketones (excluding diaryl/α,β-unsaturated/α-hetero) is 1. The molecule has 1 aliphatic rings. The zero-order valence-electron chi connectivity index (χ0n) is 9.85. The van der Waals surface area contributed by atoms with Gasteiger partial charge < -0.3 is 9.84 Å². The minimum absolute atomic E-state index is 0.0434. The Kier molecular flexibility index (Phi) is 3.41. The number of aliphatic hydroxyl groups excluding tert-OH is 1.